The van der Waals surface area contributed by atoms with Gasteiger partial charge in [0.25, 0.3) is 0 Å². The highest BCUT2D eigenvalue weighted by atomic mass is 15.1. The molecule has 0 bridgehead atoms. The van der Waals surface area contributed by atoms with Gasteiger partial charge < -0.3 is 5.32 Å². The van der Waals surface area contributed by atoms with Crippen molar-refractivity contribution in [1.29, 1.82) is 0 Å². The first kappa shape index (κ1) is 11.2. The molecule has 1 aliphatic heterocycles. The summed E-state index contributed by atoms with van der Waals surface area (Å²) in [4.78, 5) is 2.50. The highest BCUT2D eigenvalue weighted by molar-refractivity contribution is 5.34. The minimum absolute atomic E-state index is 0.737. The second kappa shape index (κ2) is 4.43. The molecular formula is C15H22N2. The lowest BCUT2D eigenvalue weighted by molar-refractivity contribution is 0.226. The molecule has 0 radical (unpaired) electrons. The molecule has 17 heavy (non-hydrogen) atoms. The van der Waals surface area contributed by atoms with Crippen LogP contribution in [0, 0.1) is 5.92 Å². The number of hydrogen-bond acceptors (Lipinski definition) is 2. The van der Waals surface area contributed by atoms with Gasteiger partial charge in [-0.25, -0.2) is 0 Å². The van der Waals surface area contributed by atoms with Crippen LogP contribution in [-0.2, 0) is 19.6 Å². The minimum Gasteiger partial charge on any atom is -0.309 e. The van der Waals surface area contributed by atoms with Gasteiger partial charge in [0, 0.05) is 25.7 Å². The van der Waals surface area contributed by atoms with Crippen LogP contribution in [0.3, 0.4) is 0 Å². The lowest BCUT2D eigenvalue weighted by Gasteiger charge is -2.24. The van der Waals surface area contributed by atoms with E-state index in [4.69, 9.17) is 0 Å². The summed E-state index contributed by atoms with van der Waals surface area (Å²) in [7, 11) is 2.26. The molecule has 1 atom stereocenters. The monoisotopic (exact) mass is 230 g/mol. The van der Waals surface area contributed by atoms with E-state index in [9.17, 15) is 0 Å². The second-order valence-electron chi connectivity index (χ2n) is 5.70. The molecule has 2 heteroatoms. The first-order chi connectivity index (χ1) is 8.24. The van der Waals surface area contributed by atoms with Gasteiger partial charge >= 0.3 is 0 Å². The maximum absolute atomic E-state index is 3.41. The predicted molar refractivity (Wildman–Crippen MR) is 70.6 cm³/mol. The number of hydrogen-bond donors (Lipinski definition) is 1. The zero-order chi connectivity index (χ0) is 11.8. The molecular weight excluding hydrogens is 208 g/mol. The fourth-order valence-electron chi connectivity index (χ4n) is 2.82. The molecule has 1 saturated carbocycles. The topological polar surface area (TPSA) is 15.3 Å². The van der Waals surface area contributed by atoms with Gasteiger partial charge in [0.1, 0.15) is 0 Å². The average Bonchev–Trinajstić information content (AvgIpc) is 3.07. The van der Waals surface area contributed by atoms with Gasteiger partial charge in [0.05, 0.1) is 0 Å². The summed E-state index contributed by atoms with van der Waals surface area (Å²) in [6, 6.07) is 7.70. The second-order valence-corrected chi connectivity index (χ2v) is 5.70. The van der Waals surface area contributed by atoms with E-state index in [1.807, 2.05) is 0 Å². The van der Waals surface area contributed by atoms with Crippen molar-refractivity contribution in [2.75, 3.05) is 7.05 Å². The molecule has 1 aliphatic carbocycles. The van der Waals surface area contributed by atoms with Crippen LogP contribution in [0.2, 0.25) is 0 Å². The van der Waals surface area contributed by atoms with Gasteiger partial charge in [0.2, 0.25) is 0 Å². The van der Waals surface area contributed by atoms with Gasteiger partial charge in [-0.2, -0.15) is 0 Å². The molecule has 0 saturated heterocycles. The molecule has 1 aromatic carbocycles. The van der Waals surface area contributed by atoms with Crippen LogP contribution in [0.25, 0.3) is 0 Å². The van der Waals surface area contributed by atoms with Gasteiger partial charge in [0.15, 0.2) is 0 Å². The Bertz CT molecular complexity index is 409. The zero-order valence-electron chi connectivity index (χ0n) is 10.9. The standard InChI is InChI=1S/C15H22N2/c1-11(13-5-6-13)17(2)10-12-3-4-14-8-16-9-15(14)7-12/h3-4,7,11,13,16H,5-6,8-10H2,1-2H3. The molecule has 1 N–H and O–H groups in total. The molecule has 2 nitrogen and oxygen atoms in total. The summed E-state index contributed by atoms with van der Waals surface area (Å²) in [5.41, 5.74) is 4.43. The van der Waals surface area contributed by atoms with E-state index in [1.165, 1.54) is 29.5 Å². The van der Waals surface area contributed by atoms with Crippen molar-refractivity contribution in [3.63, 3.8) is 0 Å². The number of fused-ring (bicyclic) bond motifs is 1. The van der Waals surface area contributed by atoms with Gasteiger partial charge in [-0.15, -0.1) is 0 Å². The molecule has 1 aromatic rings. The third-order valence-corrected chi connectivity index (χ3v) is 4.33. The van der Waals surface area contributed by atoms with Gasteiger partial charge in [-0.1, -0.05) is 18.2 Å². The maximum atomic E-state index is 3.41. The van der Waals surface area contributed by atoms with Crippen molar-refractivity contribution in [2.45, 2.75) is 45.4 Å². The molecule has 1 heterocycles. The predicted octanol–water partition coefficient (Wildman–Crippen LogP) is 2.52. The largest absolute Gasteiger partial charge is 0.309 e. The lowest BCUT2D eigenvalue weighted by Crippen LogP contribution is -2.30. The molecule has 3 rings (SSSR count). The van der Waals surface area contributed by atoms with Crippen molar-refractivity contribution in [1.82, 2.24) is 10.2 Å². The molecule has 0 aromatic heterocycles. The number of nitrogens with zero attached hydrogens (tertiary/aromatic N) is 1. The Labute approximate surface area is 104 Å². The Kier molecular flexibility index (Phi) is 2.93. The van der Waals surface area contributed by atoms with E-state index in [0.29, 0.717) is 0 Å². The van der Waals surface area contributed by atoms with E-state index >= 15 is 0 Å². The van der Waals surface area contributed by atoms with Crippen LogP contribution in [0.4, 0.5) is 0 Å². The Morgan fingerprint density at radius 1 is 1.29 bits per heavy atom. The third-order valence-electron chi connectivity index (χ3n) is 4.33. The van der Waals surface area contributed by atoms with Crippen LogP contribution >= 0.6 is 0 Å². The van der Waals surface area contributed by atoms with Gasteiger partial charge in [-0.05, 0) is 49.4 Å². The summed E-state index contributed by atoms with van der Waals surface area (Å²) in [6.07, 6.45) is 2.86. The SMILES string of the molecule is CC(C1CC1)N(C)Cc1ccc2c(c1)CNC2. The molecule has 1 fully saturated rings. The molecule has 92 valence electrons. The fraction of sp³-hybridized carbons (Fsp3) is 0.600. The Hall–Kier alpha value is -0.860. The summed E-state index contributed by atoms with van der Waals surface area (Å²) >= 11 is 0. The first-order valence-electron chi connectivity index (χ1n) is 6.75. The highest BCUT2D eigenvalue weighted by Gasteiger charge is 2.30. The average molecular weight is 230 g/mol. The quantitative estimate of drug-likeness (QED) is 0.855. The number of nitrogens with one attached hydrogen (secondary N) is 1. The summed E-state index contributed by atoms with van der Waals surface area (Å²) in [5.74, 6) is 0.955. The fourth-order valence-corrected chi connectivity index (χ4v) is 2.82. The van der Waals surface area contributed by atoms with E-state index in [2.05, 4.69) is 42.4 Å². The Morgan fingerprint density at radius 2 is 2.06 bits per heavy atom. The van der Waals surface area contributed by atoms with Crippen LogP contribution in [-0.4, -0.2) is 18.0 Å². The normalized spacial score (nSPS) is 20.6. The third kappa shape index (κ3) is 2.38. The van der Waals surface area contributed by atoms with Crippen LogP contribution in [0.1, 0.15) is 36.5 Å². The van der Waals surface area contributed by atoms with E-state index in [1.54, 1.807) is 0 Å². The van der Waals surface area contributed by atoms with Crippen molar-refractivity contribution in [3.8, 4) is 0 Å². The smallest absolute Gasteiger partial charge is 0.0233 e. The maximum Gasteiger partial charge on any atom is 0.0233 e. The minimum atomic E-state index is 0.737. The van der Waals surface area contributed by atoms with E-state index < -0.39 is 0 Å². The van der Waals surface area contributed by atoms with E-state index in [-0.39, 0.29) is 0 Å². The Balaban J connectivity index is 1.68. The van der Waals surface area contributed by atoms with Crippen molar-refractivity contribution in [2.24, 2.45) is 5.92 Å². The zero-order valence-corrected chi connectivity index (χ0v) is 10.9. The number of benzene rings is 1. The van der Waals surface area contributed by atoms with Crippen LogP contribution in [0.15, 0.2) is 18.2 Å². The lowest BCUT2D eigenvalue weighted by atomic mass is 10.1. The van der Waals surface area contributed by atoms with Crippen molar-refractivity contribution >= 4 is 0 Å². The van der Waals surface area contributed by atoms with Crippen molar-refractivity contribution < 1.29 is 0 Å². The molecule has 2 aliphatic rings. The molecule has 0 amide bonds. The van der Waals surface area contributed by atoms with Crippen LogP contribution in [0.5, 0.6) is 0 Å². The van der Waals surface area contributed by atoms with Crippen LogP contribution < -0.4 is 5.32 Å². The molecule has 1 unspecified atom stereocenters. The number of rotatable bonds is 4. The Morgan fingerprint density at radius 3 is 2.82 bits per heavy atom. The summed E-state index contributed by atoms with van der Waals surface area (Å²) in [6.45, 7) is 5.55. The molecule has 0 spiro atoms. The summed E-state index contributed by atoms with van der Waals surface area (Å²) < 4.78 is 0. The first-order valence-corrected chi connectivity index (χ1v) is 6.75. The van der Waals surface area contributed by atoms with Gasteiger partial charge in [-0.3, -0.25) is 4.90 Å². The van der Waals surface area contributed by atoms with Crippen molar-refractivity contribution in [3.05, 3.63) is 34.9 Å². The highest BCUT2D eigenvalue weighted by Crippen LogP contribution is 2.35. The van der Waals surface area contributed by atoms with E-state index in [0.717, 1.165) is 31.6 Å². The summed E-state index contributed by atoms with van der Waals surface area (Å²) in [5, 5.41) is 3.41.